The van der Waals surface area contributed by atoms with E-state index in [1.807, 2.05) is 0 Å². The van der Waals surface area contributed by atoms with Gasteiger partial charge in [0.15, 0.2) is 0 Å². The number of hydrogen-bond donors (Lipinski definition) is 2. The minimum atomic E-state index is -1.06. The highest BCUT2D eigenvalue weighted by Gasteiger charge is 2.30. The summed E-state index contributed by atoms with van der Waals surface area (Å²) in [6.45, 7) is 3.30. The monoisotopic (exact) mass is 242 g/mol. The number of hydrogen-bond acceptors (Lipinski definition) is 5. The van der Waals surface area contributed by atoms with Gasteiger partial charge in [0, 0.05) is 17.8 Å². The zero-order valence-corrected chi connectivity index (χ0v) is 9.84. The lowest BCUT2D eigenvalue weighted by atomic mass is 10.1. The number of carbonyl (C=O) groups is 2. The average Bonchev–Trinajstić information content (AvgIpc) is 2.46. The van der Waals surface area contributed by atoms with Crippen molar-refractivity contribution in [1.82, 2.24) is 9.96 Å². The Morgan fingerprint density at radius 3 is 2.41 bits per heavy atom. The van der Waals surface area contributed by atoms with Crippen molar-refractivity contribution in [3.8, 4) is 0 Å². The standard InChI is InChI=1S/C10H16N3O4/c1-6-7(2)13(17)5-12(6)8(10(15)16)3-4-9(11)14/h8H,3-5H2,1-2H3,(H2,11,14)(H,15,16)/q-1. The van der Waals surface area contributed by atoms with Crippen LogP contribution in [-0.4, -0.2) is 39.7 Å². The maximum Gasteiger partial charge on any atom is 0.326 e. The number of nitrogens with two attached hydrogens (primary N) is 1. The van der Waals surface area contributed by atoms with Gasteiger partial charge in [0.25, 0.3) is 0 Å². The summed E-state index contributed by atoms with van der Waals surface area (Å²) in [5.41, 5.74) is 6.11. The Morgan fingerprint density at radius 1 is 1.47 bits per heavy atom. The maximum atomic E-state index is 11.4. The summed E-state index contributed by atoms with van der Waals surface area (Å²) in [5, 5.41) is 21.2. The average molecular weight is 242 g/mol. The highest BCUT2D eigenvalue weighted by molar-refractivity contribution is 5.77. The van der Waals surface area contributed by atoms with E-state index in [1.54, 1.807) is 13.8 Å². The van der Waals surface area contributed by atoms with Crippen LogP contribution >= 0.6 is 0 Å². The van der Waals surface area contributed by atoms with Crippen molar-refractivity contribution in [3.05, 3.63) is 16.6 Å². The van der Waals surface area contributed by atoms with Crippen molar-refractivity contribution in [2.75, 3.05) is 6.67 Å². The summed E-state index contributed by atoms with van der Waals surface area (Å²) in [7, 11) is 0. The van der Waals surface area contributed by atoms with E-state index in [0.29, 0.717) is 11.4 Å². The minimum absolute atomic E-state index is 0.0152. The lowest BCUT2D eigenvalue weighted by Gasteiger charge is -2.31. The summed E-state index contributed by atoms with van der Waals surface area (Å²) >= 11 is 0. The number of primary amides is 1. The molecule has 0 aromatic rings. The lowest BCUT2D eigenvalue weighted by Crippen LogP contribution is -2.41. The molecule has 0 radical (unpaired) electrons. The molecular weight excluding hydrogens is 226 g/mol. The largest absolute Gasteiger partial charge is 0.757 e. The Balaban J connectivity index is 2.80. The minimum Gasteiger partial charge on any atom is -0.757 e. The van der Waals surface area contributed by atoms with Gasteiger partial charge in [0.1, 0.15) is 6.04 Å². The Labute approximate surface area is 99.1 Å². The van der Waals surface area contributed by atoms with Crippen LogP contribution in [-0.2, 0) is 9.59 Å². The third kappa shape index (κ3) is 2.88. The predicted molar refractivity (Wildman–Crippen MR) is 60.1 cm³/mol. The molecule has 0 bridgehead atoms. The summed E-state index contributed by atoms with van der Waals surface area (Å²) in [5.74, 6) is -1.61. The first-order valence-corrected chi connectivity index (χ1v) is 5.24. The molecule has 96 valence electrons. The third-order valence-electron chi connectivity index (χ3n) is 2.93. The van der Waals surface area contributed by atoms with Crippen LogP contribution in [0.2, 0.25) is 0 Å². The molecule has 1 unspecified atom stereocenters. The van der Waals surface area contributed by atoms with Crippen molar-refractivity contribution in [2.45, 2.75) is 32.7 Å². The molecule has 1 rings (SSSR count). The second kappa shape index (κ2) is 5.05. The van der Waals surface area contributed by atoms with Gasteiger partial charge in [-0.15, -0.1) is 0 Å². The zero-order valence-electron chi connectivity index (χ0n) is 9.84. The van der Waals surface area contributed by atoms with E-state index in [-0.39, 0.29) is 19.5 Å². The number of carboxylic acids is 1. The number of rotatable bonds is 5. The second-order valence-corrected chi connectivity index (χ2v) is 4.02. The topological polar surface area (TPSA) is 110 Å². The van der Waals surface area contributed by atoms with E-state index >= 15 is 0 Å². The van der Waals surface area contributed by atoms with Crippen molar-refractivity contribution in [3.63, 3.8) is 0 Å². The molecule has 0 aromatic heterocycles. The van der Waals surface area contributed by atoms with Gasteiger partial charge in [-0.2, -0.15) is 0 Å². The summed E-state index contributed by atoms with van der Waals surface area (Å²) in [4.78, 5) is 23.3. The van der Waals surface area contributed by atoms with E-state index in [2.05, 4.69) is 0 Å². The number of nitrogens with zero attached hydrogens (tertiary/aromatic N) is 2. The molecule has 0 fully saturated rings. The number of allylic oxidation sites excluding steroid dienone is 2. The Kier molecular flexibility index (Phi) is 3.95. The highest BCUT2D eigenvalue weighted by atomic mass is 16.5. The molecule has 0 spiro atoms. The third-order valence-corrected chi connectivity index (χ3v) is 2.93. The normalized spacial score (nSPS) is 17.6. The summed E-state index contributed by atoms with van der Waals surface area (Å²) < 4.78 is 0. The van der Waals surface area contributed by atoms with Gasteiger partial charge in [-0.1, -0.05) is 0 Å². The van der Waals surface area contributed by atoms with Gasteiger partial charge in [-0.3, -0.25) is 4.79 Å². The molecule has 3 N–H and O–H groups in total. The molecular formula is C10H16N3O4-. The molecule has 0 saturated heterocycles. The Bertz CT molecular complexity index is 367. The maximum absolute atomic E-state index is 11.4. The van der Waals surface area contributed by atoms with Crippen molar-refractivity contribution in [2.24, 2.45) is 5.73 Å². The quantitative estimate of drug-likeness (QED) is 0.703. The smallest absolute Gasteiger partial charge is 0.326 e. The van der Waals surface area contributed by atoms with Crippen LogP contribution in [0.1, 0.15) is 26.7 Å². The van der Waals surface area contributed by atoms with Gasteiger partial charge in [0.2, 0.25) is 5.91 Å². The van der Waals surface area contributed by atoms with Crippen LogP contribution in [0.3, 0.4) is 0 Å². The second-order valence-electron chi connectivity index (χ2n) is 4.02. The van der Waals surface area contributed by atoms with Crippen LogP contribution < -0.4 is 5.73 Å². The highest BCUT2D eigenvalue weighted by Crippen LogP contribution is 2.25. The molecule has 0 saturated carbocycles. The first-order valence-electron chi connectivity index (χ1n) is 5.24. The van der Waals surface area contributed by atoms with Crippen LogP contribution in [0.25, 0.3) is 0 Å². The first kappa shape index (κ1) is 13.3. The van der Waals surface area contributed by atoms with Gasteiger partial charge < -0.3 is 26.0 Å². The van der Waals surface area contributed by atoms with Gasteiger partial charge in [0.05, 0.1) is 6.67 Å². The van der Waals surface area contributed by atoms with E-state index in [4.69, 9.17) is 10.8 Å². The van der Waals surface area contributed by atoms with Gasteiger partial charge in [-0.25, -0.2) is 4.79 Å². The van der Waals surface area contributed by atoms with E-state index in [0.717, 1.165) is 5.06 Å². The number of carbonyl (C=O) groups excluding carboxylic acids is 1. The molecule has 1 aliphatic rings. The molecule has 1 heterocycles. The zero-order chi connectivity index (χ0) is 13.2. The molecule has 0 aliphatic carbocycles. The van der Waals surface area contributed by atoms with Crippen LogP contribution in [0.15, 0.2) is 11.4 Å². The molecule has 7 nitrogen and oxygen atoms in total. The van der Waals surface area contributed by atoms with Gasteiger partial charge >= 0.3 is 5.97 Å². The molecule has 1 atom stereocenters. The van der Waals surface area contributed by atoms with Crippen molar-refractivity contribution >= 4 is 11.9 Å². The fourth-order valence-corrected chi connectivity index (χ4v) is 1.76. The molecule has 0 aromatic carbocycles. The van der Waals surface area contributed by atoms with Crippen LogP contribution in [0.5, 0.6) is 0 Å². The molecule has 7 heteroatoms. The number of hydroxylamine groups is 2. The van der Waals surface area contributed by atoms with Crippen LogP contribution in [0, 0.1) is 5.21 Å². The molecule has 17 heavy (non-hydrogen) atoms. The van der Waals surface area contributed by atoms with E-state index < -0.39 is 17.9 Å². The fourth-order valence-electron chi connectivity index (χ4n) is 1.76. The van der Waals surface area contributed by atoms with Gasteiger partial charge in [-0.05, 0) is 20.3 Å². The predicted octanol–water partition coefficient (Wildman–Crippen LogP) is 0.0294. The SMILES string of the molecule is CC1=C(C)N(C(CCC(N)=O)C(=O)O)CN1[O-]. The summed E-state index contributed by atoms with van der Waals surface area (Å²) in [6, 6.07) is -0.892. The van der Waals surface area contributed by atoms with E-state index in [1.165, 1.54) is 4.90 Å². The Hall–Kier alpha value is -1.76. The summed E-state index contributed by atoms with van der Waals surface area (Å²) in [6.07, 6.45) is 0.0851. The Morgan fingerprint density at radius 2 is 2.06 bits per heavy atom. The molecule has 1 amide bonds. The molecule has 1 aliphatic heterocycles. The number of carboxylic acid groups (broad SMARTS) is 1. The van der Waals surface area contributed by atoms with Crippen LogP contribution in [0.4, 0.5) is 0 Å². The first-order chi connectivity index (χ1) is 7.84. The fraction of sp³-hybridized carbons (Fsp3) is 0.600. The number of amides is 1. The van der Waals surface area contributed by atoms with Crippen molar-refractivity contribution in [1.29, 1.82) is 0 Å². The lowest BCUT2D eigenvalue weighted by molar-refractivity contribution is -0.143. The van der Waals surface area contributed by atoms with Crippen molar-refractivity contribution < 1.29 is 14.7 Å². The number of aliphatic carboxylic acids is 1. The van der Waals surface area contributed by atoms with E-state index in [9.17, 15) is 14.8 Å².